The molecule has 0 aromatic heterocycles. The first kappa shape index (κ1) is 13.2. The molecule has 0 amide bonds. The molecule has 1 aliphatic rings. The number of ether oxygens (including phenoxy) is 2. The summed E-state index contributed by atoms with van der Waals surface area (Å²) in [6, 6.07) is 6.26. The van der Waals surface area contributed by atoms with Crippen LogP contribution in [0.2, 0.25) is 0 Å². The van der Waals surface area contributed by atoms with E-state index in [1.165, 1.54) is 18.4 Å². The molecule has 2 rings (SSSR count). The highest BCUT2D eigenvalue weighted by Crippen LogP contribution is 2.30. The lowest BCUT2D eigenvalue weighted by atomic mass is 10.0. The van der Waals surface area contributed by atoms with Gasteiger partial charge in [0.1, 0.15) is 11.5 Å². The van der Waals surface area contributed by atoms with Gasteiger partial charge in [0.05, 0.1) is 14.2 Å². The van der Waals surface area contributed by atoms with Crippen molar-refractivity contribution >= 4 is 0 Å². The number of nitrogens with two attached hydrogens (primary N) is 1. The number of benzene rings is 1. The van der Waals surface area contributed by atoms with Crippen molar-refractivity contribution in [3.8, 4) is 11.5 Å². The third-order valence-electron chi connectivity index (χ3n) is 3.56. The molecular weight excluding hydrogens is 228 g/mol. The van der Waals surface area contributed by atoms with Gasteiger partial charge in [-0.15, -0.1) is 0 Å². The molecule has 0 bridgehead atoms. The summed E-state index contributed by atoms with van der Waals surface area (Å²) in [5.74, 6) is 1.64. The van der Waals surface area contributed by atoms with Crippen LogP contribution >= 0.6 is 0 Å². The maximum absolute atomic E-state index is 5.94. The SMILES string of the molecule is COc1cc(OC)cc([C@H](CN)N2CCCC2)c1. The molecular formula is C14H22N2O2. The third-order valence-corrected chi connectivity index (χ3v) is 3.56. The summed E-state index contributed by atoms with van der Waals surface area (Å²) in [6.07, 6.45) is 2.52. The summed E-state index contributed by atoms with van der Waals surface area (Å²) in [4.78, 5) is 2.44. The van der Waals surface area contributed by atoms with Gasteiger partial charge in [0, 0.05) is 18.7 Å². The standard InChI is InChI=1S/C14H22N2O2/c1-17-12-7-11(8-13(9-12)18-2)14(10-15)16-5-3-4-6-16/h7-9,14H,3-6,10,15H2,1-2H3/t14-/m0/s1. The van der Waals surface area contributed by atoms with Crippen molar-refractivity contribution in [3.63, 3.8) is 0 Å². The van der Waals surface area contributed by atoms with Crippen LogP contribution in [0.25, 0.3) is 0 Å². The average molecular weight is 250 g/mol. The second-order valence-electron chi connectivity index (χ2n) is 4.64. The Balaban J connectivity index is 2.28. The first-order valence-corrected chi connectivity index (χ1v) is 6.45. The molecule has 4 nitrogen and oxygen atoms in total. The van der Waals surface area contributed by atoms with Crippen LogP contribution in [0.15, 0.2) is 18.2 Å². The second-order valence-corrected chi connectivity index (χ2v) is 4.64. The molecule has 1 heterocycles. The summed E-state index contributed by atoms with van der Waals surface area (Å²) < 4.78 is 10.6. The zero-order chi connectivity index (χ0) is 13.0. The number of rotatable bonds is 5. The molecule has 4 heteroatoms. The number of nitrogens with zero attached hydrogens (tertiary/aromatic N) is 1. The Morgan fingerprint density at radius 3 is 2.11 bits per heavy atom. The zero-order valence-electron chi connectivity index (χ0n) is 11.2. The highest BCUT2D eigenvalue weighted by molar-refractivity contribution is 5.40. The quantitative estimate of drug-likeness (QED) is 0.865. The van der Waals surface area contributed by atoms with Crippen LogP contribution in [0.3, 0.4) is 0 Å². The normalized spacial score (nSPS) is 17.7. The molecule has 2 N–H and O–H groups in total. The van der Waals surface area contributed by atoms with E-state index < -0.39 is 0 Å². The lowest BCUT2D eigenvalue weighted by molar-refractivity contribution is 0.250. The molecule has 1 fully saturated rings. The molecule has 100 valence electrons. The number of methoxy groups -OCH3 is 2. The lowest BCUT2D eigenvalue weighted by Crippen LogP contribution is -2.31. The fourth-order valence-electron chi connectivity index (χ4n) is 2.57. The van der Waals surface area contributed by atoms with E-state index in [9.17, 15) is 0 Å². The molecule has 0 radical (unpaired) electrons. The predicted octanol–water partition coefficient (Wildman–Crippen LogP) is 1.80. The van der Waals surface area contributed by atoms with Crippen LogP contribution in [0.1, 0.15) is 24.4 Å². The minimum Gasteiger partial charge on any atom is -0.497 e. The Bertz CT molecular complexity index is 367. The van der Waals surface area contributed by atoms with Gasteiger partial charge in [0.2, 0.25) is 0 Å². The molecule has 18 heavy (non-hydrogen) atoms. The average Bonchev–Trinajstić information content (AvgIpc) is 2.93. The van der Waals surface area contributed by atoms with Crippen molar-refractivity contribution in [3.05, 3.63) is 23.8 Å². The Hall–Kier alpha value is -1.26. The molecule has 1 aromatic carbocycles. The largest absolute Gasteiger partial charge is 0.497 e. The van der Waals surface area contributed by atoms with Crippen molar-refractivity contribution in [2.45, 2.75) is 18.9 Å². The van der Waals surface area contributed by atoms with Crippen LogP contribution in [0, 0.1) is 0 Å². The van der Waals surface area contributed by atoms with Gasteiger partial charge in [-0.3, -0.25) is 4.90 Å². The topological polar surface area (TPSA) is 47.7 Å². The number of hydrogen-bond donors (Lipinski definition) is 1. The van der Waals surface area contributed by atoms with Crippen molar-refractivity contribution in [2.75, 3.05) is 33.9 Å². The van der Waals surface area contributed by atoms with Crippen molar-refractivity contribution < 1.29 is 9.47 Å². The molecule has 1 aliphatic heterocycles. The summed E-state index contributed by atoms with van der Waals surface area (Å²) in [6.45, 7) is 2.87. The summed E-state index contributed by atoms with van der Waals surface area (Å²) >= 11 is 0. The van der Waals surface area contributed by atoms with E-state index in [1.54, 1.807) is 14.2 Å². The Morgan fingerprint density at radius 2 is 1.67 bits per heavy atom. The van der Waals surface area contributed by atoms with Gasteiger partial charge in [0.25, 0.3) is 0 Å². The van der Waals surface area contributed by atoms with E-state index in [2.05, 4.69) is 17.0 Å². The Morgan fingerprint density at radius 1 is 1.11 bits per heavy atom. The maximum atomic E-state index is 5.94. The first-order valence-electron chi connectivity index (χ1n) is 6.45. The van der Waals surface area contributed by atoms with Gasteiger partial charge in [-0.1, -0.05) is 0 Å². The van der Waals surface area contributed by atoms with E-state index in [0.717, 1.165) is 24.6 Å². The molecule has 1 aromatic rings. The highest BCUT2D eigenvalue weighted by atomic mass is 16.5. The van der Waals surface area contributed by atoms with Gasteiger partial charge in [-0.2, -0.15) is 0 Å². The van der Waals surface area contributed by atoms with Crippen molar-refractivity contribution in [2.24, 2.45) is 5.73 Å². The number of likely N-dealkylation sites (tertiary alicyclic amines) is 1. The number of hydrogen-bond acceptors (Lipinski definition) is 4. The molecule has 0 saturated carbocycles. The van der Waals surface area contributed by atoms with Crippen LogP contribution in [-0.2, 0) is 0 Å². The minimum absolute atomic E-state index is 0.261. The molecule has 0 spiro atoms. The first-order chi connectivity index (χ1) is 8.78. The van der Waals surface area contributed by atoms with Crippen molar-refractivity contribution in [1.82, 2.24) is 4.90 Å². The van der Waals surface area contributed by atoms with E-state index in [4.69, 9.17) is 15.2 Å². The molecule has 0 unspecified atom stereocenters. The van der Waals surface area contributed by atoms with Crippen molar-refractivity contribution in [1.29, 1.82) is 0 Å². The molecule has 1 saturated heterocycles. The van der Waals surface area contributed by atoms with Gasteiger partial charge in [0.15, 0.2) is 0 Å². The van der Waals surface area contributed by atoms with E-state index >= 15 is 0 Å². The van der Waals surface area contributed by atoms with Gasteiger partial charge >= 0.3 is 0 Å². The van der Waals surface area contributed by atoms with Gasteiger partial charge in [-0.05, 0) is 43.6 Å². The Kier molecular flexibility index (Phi) is 4.44. The van der Waals surface area contributed by atoms with E-state index in [1.807, 2.05) is 6.07 Å². The highest BCUT2D eigenvalue weighted by Gasteiger charge is 2.23. The molecule has 0 aliphatic carbocycles. The second kappa shape index (κ2) is 6.07. The van der Waals surface area contributed by atoms with E-state index in [-0.39, 0.29) is 6.04 Å². The smallest absolute Gasteiger partial charge is 0.122 e. The fourth-order valence-corrected chi connectivity index (χ4v) is 2.57. The zero-order valence-corrected chi connectivity index (χ0v) is 11.2. The maximum Gasteiger partial charge on any atom is 0.122 e. The van der Waals surface area contributed by atoms with Crippen LogP contribution in [0.4, 0.5) is 0 Å². The predicted molar refractivity (Wildman–Crippen MR) is 72.1 cm³/mol. The van der Waals surface area contributed by atoms with E-state index in [0.29, 0.717) is 6.54 Å². The Labute approximate surface area is 109 Å². The molecule has 1 atom stereocenters. The van der Waals surface area contributed by atoms with Crippen LogP contribution in [-0.4, -0.2) is 38.8 Å². The summed E-state index contributed by atoms with van der Waals surface area (Å²) in [7, 11) is 3.34. The van der Waals surface area contributed by atoms with Crippen LogP contribution in [0.5, 0.6) is 11.5 Å². The van der Waals surface area contributed by atoms with Gasteiger partial charge in [-0.25, -0.2) is 0 Å². The van der Waals surface area contributed by atoms with Crippen LogP contribution < -0.4 is 15.2 Å². The third kappa shape index (κ3) is 2.76. The minimum atomic E-state index is 0.261. The fraction of sp³-hybridized carbons (Fsp3) is 0.571. The monoisotopic (exact) mass is 250 g/mol. The summed E-state index contributed by atoms with van der Waals surface area (Å²) in [5, 5.41) is 0. The summed E-state index contributed by atoms with van der Waals surface area (Å²) in [5.41, 5.74) is 7.12. The lowest BCUT2D eigenvalue weighted by Gasteiger charge is -2.27. The van der Waals surface area contributed by atoms with Gasteiger partial charge < -0.3 is 15.2 Å².